The zero-order valence-electron chi connectivity index (χ0n) is 54.1. The van der Waals surface area contributed by atoms with Gasteiger partial charge < -0.3 is 48.4 Å². The number of piperazine rings is 1. The molecule has 6 aromatic rings. The maximum absolute atomic E-state index is 13.6. The van der Waals surface area contributed by atoms with E-state index in [2.05, 4.69) is 96.2 Å². The molecule has 0 N–H and O–H groups in total. The minimum atomic E-state index is -2.60. The van der Waals surface area contributed by atoms with Crippen LogP contribution in [0.25, 0.3) is 31.2 Å². The van der Waals surface area contributed by atoms with Crippen LogP contribution in [0.2, 0.25) is 10.0 Å². The third-order valence-electron chi connectivity index (χ3n) is 18.1. The number of amides is 1. The van der Waals surface area contributed by atoms with Crippen LogP contribution in [-0.2, 0) is 45.1 Å². The van der Waals surface area contributed by atoms with Gasteiger partial charge in [-0.15, -0.1) is 0 Å². The number of hydrogen-bond donors (Lipinski definition) is 0. The summed E-state index contributed by atoms with van der Waals surface area (Å²) in [5.74, 6) is -4.88. The molecule has 0 bridgehead atoms. The number of benzene rings is 4. The number of carbonyl (C=O) groups is 3. The topological polar surface area (TPSA) is 162 Å². The van der Waals surface area contributed by atoms with Gasteiger partial charge in [-0.1, -0.05) is 91.5 Å². The monoisotopic (exact) mass is 1410 g/mol. The van der Waals surface area contributed by atoms with E-state index in [0.29, 0.717) is 109 Å². The fourth-order valence-electron chi connectivity index (χ4n) is 13.1. The molecular formula is C70H81Cl2F4N13O6S2. The number of piperidine rings is 3. The molecule has 27 heteroatoms. The smallest absolute Gasteiger partial charge is 0.338 e. The van der Waals surface area contributed by atoms with Gasteiger partial charge in [0.15, 0.2) is 0 Å². The van der Waals surface area contributed by atoms with E-state index in [0.717, 1.165) is 130 Å². The number of nitrogens with zero attached hydrogens (tertiary/aromatic N) is 13. The lowest BCUT2D eigenvalue weighted by molar-refractivity contribution is -0.152. The minimum absolute atomic E-state index is 0. The highest BCUT2D eigenvalue weighted by Gasteiger charge is 2.38. The van der Waals surface area contributed by atoms with Gasteiger partial charge in [0.2, 0.25) is 19.0 Å². The molecule has 4 saturated heterocycles. The van der Waals surface area contributed by atoms with Crippen LogP contribution in [0.4, 0.5) is 40.6 Å². The van der Waals surface area contributed by atoms with E-state index in [1.54, 1.807) is 4.90 Å². The largest absolute Gasteiger partial charge is 0.462 e. The summed E-state index contributed by atoms with van der Waals surface area (Å²) in [5.41, 5.74) is 6.05. The summed E-state index contributed by atoms with van der Waals surface area (Å²) < 4.78 is 70.7. The molecule has 4 aromatic carbocycles. The summed E-state index contributed by atoms with van der Waals surface area (Å²) >= 11 is 13.3. The molecule has 0 saturated carbocycles. The van der Waals surface area contributed by atoms with Crippen LogP contribution in [-0.4, -0.2) is 182 Å². The first-order chi connectivity index (χ1) is 45.9. The summed E-state index contributed by atoms with van der Waals surface area (Å²) in [4.78, 5) is 74.4. The van der Waals surface area contributed by atoms with Gasteiger partial charge in [-0.3, -0.25) is 14.6 Å². The van der Waals surface area contributed by atoms with Gasteiger partial charge in [0.05, 0.1) is 34.5 Å². The maximum Gasteiger partial charge on any atom is 0.338 e. The zero-order valence-corrected chi connectivity index (χ0v) is 57.6. The quantitative estimate of drug-likeness (QED) is 0.0278. The normalized spacial score (nSPS) is 18.9. The molecular weight excluding hydrogens is 1330 g/mol. The Bertz CT molecular complexity index is 3860. The molecule has 97 heavy (non-hydrogen) atoms. The lowest BCUT2D eigenvalue weighted by Crippen LogP contribution is -2.56. The summed E-state index contributed by atoms with van der Waals surface area (Å²) in [6, 6.07) is 24.5. The van der Waals surface area contributed by atoms with E-state index in [-0.39, 0.29) is 83.8 Å². The summed E-state index contributed by atoms with van der Waals surface area (Å²) in [5, 5.41) is 5.61. The number of rotatable bonds is 17. The Balaban J connectivity index is 0.000000217. The second kappa shape index (κ2) is 34.5. The average Bonchev–Trinajstić information content (AvgIpc) is 0.782. The predicted octanol–water partition coefficient (Wildman–Crippen LogP) is 11.8. The Kier molecular flexibility index (Phi) is 26.7. The Morgan fingerprint density at radius 2 is 1.03 bits per heavy atom. The van der Waals surface area contributed by atoms with Crippen molar-refractivity contribution in [2.45, 2.75) is 82.3 Å². The Labute approximate surface area is 587 Å². The number of alkyl halides is 4. The molecule has 2 atom stereocenters. The van der Waals surface area contributed by atoms with Gasteiger partial charge in [0.25, 0.3) is 11.8 Å². The second-order valence-corrected chi connectivity index (χ2v) is 25.1. The van der Waals surface area contributed by atoms with E-state index < -0.39 is 23.8 Å². The lowest BCUT2D eigenvalue weighted by Gasteiger charge is -2.41. The molecule has 4 fully saturated rings. The highest BCUT2D eigenvalue weighted by molar-refractivity contribution is 7.59. The van der Waals surface area contributed by atoms with Crippen molar-refractivity contribution in [1.82, 2.24) is 34.6 Å². The molecule has 0 radical (unpaired) electrons. The molecule has 6 aliphatic rings. The fraction of sp³-hybridized carbons (Fsp3) is 0.443. The number of anilines is 4. The third-order valence-corrected chi connectivity index (χ3v) is 18.7. The van der Waals surface area contributed by atoms with Crippen molar-refractivity contribution in [2.75, 3.05) is 131 Å². The van der Waals surface area contributed by atoms with E-state index in [4.69, 9.17) is 65.8 Å². The molecule has 8 heterocycles. The number of likely N-dealkylation sites (tertiary alicyclic amines) is 2. The molecule has 12 rings (SSSR count). The summed E-state index contributed by atoms with van der Waals surface area (Å²) in [7, 11) is 0. The molecule has 0 aliphatic carbocycles. The van der Waals surface area contributed by atoms with E-state index in [9.17, 15) is 31.9 Å². The van der Waals surface area contributed by atoms with Gasteiger partial charge in [0.1, 0.15) is 30.9 Å². The van der Waals surface area contributed by atoms with E-state index in [1.165, 1.54) is 6.08 Å². The van der Waals surface area contributed by atoms with Crippen LogP contribution in [0.3, 0.4) is 0 Å². The molecule has 19 nitrogen and oxygen atoms in total. The first-order valence-corrected chi connectivity index (χ1v) is 32.8. The molecule has 516 valence electrons. The van der Waals surface area contributed by atoms with Gasteiger partial charge in [-0.2, -0.15) is 46.9 Å². The van der Waals surface area contributed by atoms with Gasteiger partial charge in [-0.25, -0.2) is 40.3 Å². The average molecular weight is 1410 g/mol. The number of halogens is 6. The Morgan fingerprint density at radius 3 is 1.47 bits per heavy atom. The SMILES string of the molecule is C=CC(=O)OC(=O)C=C.S.S.[C-]#[N+]C[C@@H]1CCCN(c2nc(OCCN3CCC(F)(F)CC3)nc3c2CCN(c2cccc4cccc(Cl)c24)C3)C1.[C-]#[N+]C[C@H]1CN(c2nc(OCCN3CCC(F)(F)CC3)nc3c2CCN(c2cccc4cccc(Cl)c24)C3)CCN1C(=O)C=C. The number of esters is 2. The van der Waals surface area contributed by atoms with Crippen LogP contribution < -0.4 is 29.1 Å². The maximum atomic E-state index is 13.6. The molecule has 6 aliphatic heterocycles. The first-order valence-electron chi connectivity index (χ1n) is 32.1. The standard InChI is InChI=1S/C33H36ClF2N7O2.C31H35ClF2N6O.C6H6O3.2H2S/c1-3-29(44)43-17-16-42(21-24(43)20-37-2)31-25-10-13-41(28-9-5-7-23-6-4-8-26(34)30(23)28)22-27(25)38-32(39-31)45-19-18-40-14-11-33(35,36)12-15-40;1-35-19-22-5-4-13-40(20-22)29-24-10-14-39(27-9-3-7-23-6-2-8-25(32)28(23)27)21-26(24)36-30(37-29)41-18-17-38-15-11-31(33,34)12-16-38;1-3-5(7)9-6(8)4-2;;/h3-9,24H,1,10-22H2;2-3,6-9,22H,4-5,10-21H2;3-4H,1-2H2;2*1H2/t24-;22-;;;/m00.../s1. The lowest BCUT2D eigenvalue weighted by atomic mass is 9.96. The number of hydrogen-bond acceptors (Lipinski definition) is 16. The van der Waals surface area contributed by atoms with Crippen LogP contribution >= 0.6 is 50.2 Å². The predicted molar refractivity (Wildman–Crippen MR) is 382 cm³/mol. The third kappa shape index (κ3) is 19.1. The first kappa shape index (κ1) is 74.9. The van der Waals surface area contributed by atoms with Crippen LogP contribution in [0.15, 0.2) is 111 Å². The van der Waals surface area contributed by atoms with Crippen molar-refractivity contribution in [2.24, 2.45) is 5.92 Å². The molecule has 2 aromatic heterocycles. The number of fused-ring (bicyclic) bond motifs is 4. The molecule has 0 unspecified atom stereocenters. The van der Waals surface area contributed by atoms with Crippen molar-refractivity contribution < 1.29 is 46.2 Å². The zero-order chi connectivity index (χ0) is 67.2. The van der Waals surface area contributed by atoms with Gasteiger partial charge >= 0.3 is 24.0 Å². The minimum Gasteiger partial charge on any atom is -0.462 e. The van der Waals surface area contributed by atoms with E-state index >= 15 is 0 Å². The summed E-state index contributed by atoms with van der Waals surface area (Å²) in [6.45, 7) is 34.2. The van der Waals surface area contributed by atoms with Crippen molar-refractivity contribution in [3.63, 3.8) is 0 Å². The van der Waals surface area contributed by atoms with Crippen molar-refractivity contribution in [1.29, 1.82) is 0 Å². The Morgan fingerprint density at radius 1 is 0.577 bits per heavy atom. The van der Waals surface area contributed by atoms with Gasteiger partial charge in [0, 0.05) is 162 Å². The van der Waals surface area contributed by atoms with E-state index in [1.807, 2.05) is 40.1 Å². The fourth-order valence-corrected chi connectivity index (χ4v) is 13.7. The Hall–Kier alpha value is -7.91. The van der Waals surface area contributed by atoms with Crippen molar-refractivity contribution in [3.05, 3.63) is 166 Å². The number of carbonyl (C=O) groups excluding carboxylic acids is 3. The van der Waals surface area contributed by atoms with Crippen LogP contribution in [0.5, 0.6) is 12.0 Å². The molecule has 1 amide bonds. The second-order valence-electron chi connectivity index (χ2n) is 24.3. The highest BCUT2D eigenvalue weighted by atomic mass is 35.5. The van der Waals surface area contributed by atoms with Crippen LogP contribution in [0, 0.1) is 19.1 Å². The van der Waals surface area contributed by atoms with Crippen LogP contribution in [0.1, 0.15) is 61.0 Å². The summed E-state index contributed by atoms with van der Waals surface area (Å²) in [6.07, 6.45) is 6.15. The highest BCUT2D eigenvalue weighted by Crippen LogP contribution is 2.40. The van der Waals surface area contributed by atoms with Gasteiger partial charge in [-0.05, 0) is 66.8 Å². The van der Waals surface area contributed by atoms with Crippen molar-refractivity contribution >= 4 is 113 Å². The molecule has 0 spiro atoms. The number of aromatic nitrogens is 4. The number of ether oxygens (including phenoxy) is 3. The van der Waals surface area contributed by atoms with Crippen molar-refractivity contribution in [3.8, 4) is 12.0 Å².